The summed E-state index contributed by atoms with van der Waals surface area (Å²) in [5.41, 5.74) is 2.75. The van der Waals surface area contributed by atoms with Crippen LogP contribution in [0.2, 0.25) is 0 Å². The van der Waals surface area contributed by atoms with Crippen molar-refractivity contribution < 1.29 is 4.68 Å². The third kappa shape index (κ3) is 10.4. The summed E-state index contributed by atoms with van der Waals surface area (Å²) >= 11 is 0. The molecule has 0 aliphatic carbocycles. The van der Waals surface area contributed by atoms with Crippen LogP contribution in [0.4, 0.5) is 0 Å². The molecule has 1 heterocycles. The molecule has 0 aliphatic heterocycles. The summed E-state index contributed by atoms with van der Waals surface area (Å²) in [6, 6.07) is 2.28. The maximum Gasteiger partial charge on any atom is 0.204 e. The van der Waals surface area contributed by atoms with Crippen molar-refractivity contribution in [2.45, 2.75) is 130 Å². The third-order valence-electron chi connectivity index (χ3n) is 5.92. The first-order chi connectivity index (χ1) is 12.7. The smallest absolute Gasteiger partial charge is 0.158 e. The number of rotatable bonds is 17. The molecule has 0 unspecified atom stereocenters. The average molecular weight is 364 g/mol. The molecule has 152 valence electrons. The summed E-state index contributed by atoms with van der Waals surface area (Å²) < 4.78 is 4.71. The van der Waals surface area contributed by atoms with Crippen LogP contribution in [0.25, 0.3) is 0 Å². The zero-order valence-corrected chi connectivity index (χ0v) is 18.5. The van der Waals surface area contributed by atoms with E-state index in [1.165, 1.54) is 121 Å². The molecule has 0 atom stereocenters. The Bertz CT molecular complexity index is 447. The summed E-state index contributed by atoms with van der Waals surface area (Å²) in [6.45, 7) is 7.89. The van der Waals surface area contributed by atoms with Gasteiger partial charge in [0.1, 0.15) is 0 Å². The normalized spacial score (nSPS) is 11.4. The Kier molecular flexibility index (Phi) is 13.7. The van der Waals surface area contributed by atoms with Crippen LogP contribution in [0.1, 0.15) is 121 Å². The first kappa shape index (κ1) is 23.2. The minimum Gasteiger partial charge on any atom is -0.158 e. The number of hydrogen-bond donors (Lipinski definition) is 0. The van der Waals surface area contributed by atoms with Gasteiger partial charge in [-0.3, -0.25) is 0 Å². The van der Waals surface area contributed by atoms with Gasteiger partial charge in [-0.05, 0) is 13.3 Å². The largest absolute Gasteiger partial charge is 0.204 e. The lowest BCUT2D eigenvalue weighted by Gasteiger charge is -2.05. The van der Waals surface area contributed by atoms with Gasteiger partial charge in [0.05, 0.1) is 12.2 Å². The van der Waals surface area contributed by atoms with Gasteiger partial charge in [-0.15, -0.1) is 4.68 Å². The first-order valence-electron chi connectivity index (χ1n) is 11.7. The number of nitrogens with zero attached hydrogens (tertiary/aromatic N) is 2. The first-order valence-corrected chi connectivity index (χ1v) is 11.7. The van der Waals surface area contributed by atoms with Crippen molar-refractivity contribution in [3.8, 4) is 0 Å². The van der Waals surface area contributed by atoms with Crippen molar-refractivity contribution in [2.75, 3.05) is 0 Å². The molecule has 0 bridgehead atoms. The van der Waals surface area contributed by atoms with E-state index in [2.05, 4.69) is 43.2 Å². The Labute approximate surface area is 164 Å². The molecule has 0 saturated heterocycles. The summed E-state index contributed by atoms with van der Waals surface area (Å²) in [7, 11) is 2.18. The molecule has 0 fully saturated rings. The zero-order valence-electron chi connectivity index (χ0n) is 18.5. The van der Waals surface area contributed by atoms with Gasteiger partial charge in [-0.2, -0.15) is 4.68 Å². The van der Waals surface area contributed by atoms with Crippen LogP contribution in [0.15, 0.2) is 6.07 Å². The zero-order chi connectivity index (χ0) is 19.0. The minimum absolute atomic E-state index is 1.18. The Morgan fingerprint density at radius 2 is 1.04 bits per heavy atom. The number of aromatic nitrogens is 2. The van der Waals surface area contributed by atoms with Crippen molar-refractivity contribution in [1.82, 2.24) is 4.68 Å². The topological polar surface area (TPSA) is 8.81 Å². The van der Waals surface area contributed by atoms with Gasteiger partial charge < -0.3 is 0 Å². The predicted molar refractivity (Wildman–Crippen MR) is 115 cm³/mol. The van der Waals surface area contributed by atoms with Crippen LogP contribution in [0.3, 0.4) is 0 Å². The SMILES string of the molecule is CCCCCCCCCCCCCCCCCCn1c(C)cc(C)[n+]1C. The van der Waals surface area contributed by atoms with Gasteiger partial charge in [0, 0.05) is 13.0 Å². The number of hydrogen-bond acceptors (Lipinski definition) is 0. The van der Waals surface area contributed by atoms with E-state index in [0.717, 1.165) is 0 Å². The van der Waals surface area contributed by atoms with Crippen LogP contribution in [0, 0.1) is 13.8 Å². The molecule has 2 heteroatoms. The lowest BCUT2D eigenvalue weighted by molar-refractivity contribution is -0.759. The van der Waals surface area contributed by atoms with E-state index in [1.54, 1.807) is 0 Å². The van der Waals surface area contributed by atoms with Crippen molar-refractivity contribution in [3.05, 3.63) is 17.5 Å². The van der Waals surface area contributed by atoms with E-state index >= 15 is 0 Å². The summed E-state index contributed by atoms with van der Waals surface area (Å²) in [6.07, 6.45) is 23.0. The van der Waals surface area contributed by atoms with Gasteiger partial charge in [0.2, 0.25) is 5.69 Å². The molecular weight excluding hydrogens is 316 g/mol. The monoisotopic (exact) mass is 363 g/mol. The van der Waals surface area contributed by atoms with Crippen LogP contribution < -0.4 is 4.68 Å². The van der Waals surface area contributed by atoms with Crippen LogP contribution in [0.5, 0.6) is 0 Å². The van der Waals surface area contributed by atoms with E-state index in [4.69, 9.17) is 0 Å². The van der Waals surface area contributed by atoms with E-state index in [-0.39, 0.29) is 0 Å². The second-order valence-corrected chi connectivity index (χ2v) is 8.38. The van der Waals surface area contributed by atoms with Gasteiger partial charge >= 0.3 is 0 Å². The van der Waals surface area contributed by atoms with Gasteiger partial charge in [0.25, 0.3) is 0 Å². The van der Waals surface area contributed by atoms with Crippen molar-refractivity contribution in [1.29, 1.82) is 0 Å². The fourth-order valence-electron chi connectivity index (χ4n) is 4.03. The fraction of sp³-hybridized carbons (Fsp3) is 0.875. The molecule has 2 nitrogen and oxygen atoms in total. The molecule has 1 aromatic rings. The van der Waals surface area contributed by atoms with E-state index in [9.17, 15) is 0 Å². The van der Waals surface area contributed by atoms with Gasteiger partial charge in [0.15, 0.2) is 7.05 Å². The highest BCUT2D eigenvalue weighted by atomic mass is 15.4. The second-order valence-electron chi connectivity index (χ2n) is 8.38. The molecule has 0 spiro atoms. The maximum atomic E-state index is 2.42. The maximum absolute atomic E-state index is 2.42. The standard InChI is InChI=1S/C24H47N2/c1-5-6-7-8-9-10-11-12-13-14-15-16-17-18-19-20-21-26-24(3)22-23(2)25(26)4/h22H,5-21H2,1-4H3/q+1. The van der Waals surface area contributed by atoms with E-state index < -0.39 is 0 Å². The Hall–Kier alpha value is -0.790. The molecular formula is C24H47N2+. The molecule has 0 aliphatic rings. The summed E-state index contributed by atoms with van der Waals surface area (Å²) in [4.78, 5) is 0. The van der Waals surface area contributed by atoms with Gasteiger partial charge in [-0.25, -0.2) is 0 Å². The summed E-state index contributed by atoms with van der Waals surface area (Å²) in [5, 5.41) is 0. The van der Waals surface area contributed by atoms with Crippen LogP contribution in [-0.4, -0.2) is 4.68 Å². The fourth-order valence-corrected chi connectivity index (χ4v) is 4.03. The predicted octanol–water partition coefficient (Wildman–Crippen LogP) is 7.19. The van der Waals surface area contributed by atoms with Crippen molar-refractivity contribution >= 4 is 0 Å². The molecule has 0 amide bonds. The van der Waals surface area contributed by atoms with Gasteiger partial charge in [-0.1, -0.05) is 103 Å². The van der Waals surface area contributed by atoms with Crippen LogP contribution >= 0.6 is 0 Å². The minimum atomic E-state index is 1.18. The average Bonchev–Trinajstić information content (AvgIpc) is 2.87. The molecule has 1 rings (SSSR count). The highest BCUT2D eigenvalue weighted by molar-refractivity contribution is 5.01. The Morgan fingerprint density at radius 3 is 1.38 bits per heavy atom. The van der Waals surface area contributed by atoms with E-state index in [1.807, 2.05) is 0 Å². The second kappa shape index (κ2) is 15.3. The van der Waals surface area contributed by atoms with Crippen molar-refractivity contribution in [2.24, 2.45) is 7.05 Å². The molecule has 0 radical (unpaired) electrons. The number of aryl methyl sites for hydroxylation is 2. The number of unbranched alkanes of at least 4 members (excludes halogenated alkanes) is 15. The summed E-state index contributed by atoms with van der Waals surface area (Å²) in [5.74, 6) is 0. The van der Waals surface area contributed by atoms with Crippen LogP contribution in [-0.2, 0) is 13.6 Å². The molecule has 26 heavy (non-hydrogen) atoms. The molecule has 0 N–H and O–H groups in total. The molecule has 0 saturated carbocycles. The van der Waals surface area contributed by atoms with Crippen molar-refractivity contribution in [3.63, 3.8) is 0 Å². The highest BCUT2D eigenvalue weighted by Gasteiger charge is 2.11. The lowest BCUT2D eigenvalue weighted by atomic mass is 10.0. The highest BCUT2D eigenvalue weighted by Crippen LogP contribution is 2.14. The molecule has 0 aromatic carbocycles. The Balaban J connectivity index is 1.81. The lowest BCUT2D eigenvalue weighted by Crippen LogP contribution is -2.41. The quantitative estimate of drug-likeness (QED) is 0.204. The molecule has 1 aromatic heterocycles. The Morgan fingerprint density at radius 1 is 0.654 bits per heavy atom. The third-order valence-corrected chi connectivity index (χ3v) is 5.92. The van der Waals surface area contributed by atoms with E-state index in [0.29, 0.717) is 0 Å².